The SMILES string of the molecule is O=C(NCC(=O)N1CCN(c2cccc(C(F)(F)F)c2)CC1)c1ccc(F)cc1. The fraction of sp³-hybridized carbons (Fsp3) is 0.300. The summed E-state index contributed by atoms with van der Waals surface area (Å²) in [7, 11) is 0. The molecule has 9 heteroatoms. The lowest BCUT2D eigenvalue weighted by molar-refractivity contribution is -0.137. The Morgan fingerprint density at radius 3 is 2.24 bits per heavy atom. The minimum atomic E-state index is -4.41. The molecule has 29 heavy (non-hydrogen) atoms. The summed E-state index contributed by atoms with van der Waals surface area (Å²) in [4.78, 5) is 27.6. The van der Waals surface area contributed by atoms with Gasteiger partial charge in [-0.2, -0.15) is 13.2 Å². The summed E-state index contributed by atoms with van der Waals surface area (Å²) in [6.07, 6.45) is -4.41. The number of nitrogens with one attached hydrogen (secondary N) is 1. The van der Waals surface area contributed by atoms with E-state index < -0.39 is 23.5 Å². The lowest BCUT2D eigenvalue weighted by Crippen LogP contribution is -2.51. The molecule has 0 spiro atoms. The molecule has 1 saturated heterocycles. The van der Waals surface area contributed by atoms with E-state index >= 15 is 0 Å². The third-order valence-electron chi connectivity index (χ3n) is 4.68. The van der Waals surface area contributed by atoms with E-state index in [-0.39, 0.29) is 18.0 Å². The van der Waals surface area contributed by atoms with Crippen molar-refractivity contribution in [3.63, 3.8) is 0 Å². The number of hydrogen-bond acceptors (Lipinski definition) is 3. The van der Waals surface area contributed by atoms with Gasteiger partial charge in [-0.1, -0.05) is 6.07 Å². The van der Waals surface area contributed by atoms with Gasteiger partial charge in [-0.3, -0.25) is 9.59 Å². The van der Waals surface area contributed by atoms with Crippen LogP contribution in [0.3, 0.4) is 0 Å². The smallest absolute Gasteiger partial charge is 0.368 e. The second-order valence-electron chi connectivity index (χ2n) is 6.61. The summed E-state index contributed by atoms with van der Waals surface area (Å²) in [6, 6.07) is 10.0. The third kappa shape index (κ3) is 5.24. The van der Waals surface area contributed by atoms with E-state index in [2.05, 4.69) is 5.32 Å². The molecule has 1 N–H and O–H groups in total. The van der Waals surface area contributed by atoms with Crippen molar-refractivity contribution in [3.8, 4) is 0 Å². The van der Waals surface area contributed by atoms with Gasteiger partial charge in [0.2, 0.25) is 5.91 Å². The van der Waals surface area contributed by atoms with Gasteiger partial charge in [0.25, 0.3) is 5.91 Å². The van der Waals surface area contributed by atoms with Crippen molar-refractivity contribution in [2.45, 2.75) is 6.18 Å². The minimum Gasteiger partial charge on any atom is -0.368 e. The predicted molar refractivity (Wildman–Crippen MR) is 99.0 cm³/mol. The Bertz CT molecular complexity index is 876. The second-order valence-corrected chi connectivity index (χ2v) is 6.61. The second kappa shape index (κ2) is 8.50. The molecule has 0 radical (unpaired) electrons. The Kier molecular flexibility index (Phi) is 6.05. The molecule has 1 heterocycles. The van der Waals surface area contributed by atoms with E-state index in [1.54, 1.807) is 15.9 Å². The number of hydrogen-bond donors (Lipinski definition) is 1. The molecule has 2 aromatic rings. The number of anilines is 1. The maximum Gasteiger partial charge on any atom is 0.416 e. The quantitative estimate of drug-likeness (QED) is 0.791. The molecule has 0 bridgehead atoms. The van der Waals surface area contributed by atoms with Gasteiger partial charge in [0.1, 0.15) is 5.82 Å². The normalized spacial score (nSPS) is 14.6. The van der Waals surface area contributed by atoms with Crippen LogP contribution in [0.5, 0.6) is 0 Å². The summed E-state index contributed by atoms with van der Waals surface area (Å²) in [5, 5.41) is 2.49. The molecule has 1 fully saturated rings. The zero-order chi connectivity index (χ0) is 21.0. The third-order valence-corrected chi connectivity index (χ3v) is 4.68. The average molecular weight is 409 g/mol. The van der Waals surface area contributed by atoms with E-state index in [9.17, 15) is 27.2 Å². The highest BCUT2D eigenvalue weighted by molar-refractivity contribution is 5.96. The van der Waals surface area contributed by atoms with Gasteiger partial charge in [0.05, 0.1) is 12.1 Å². The Labute approximate surface area is 164 Å². The molecule has 0 aliphatic carbocycles. The molecule has 1 aliphatic heterocycles. The zero-order valence-electron chi connectivity index (χ0n) is 15.4. The molecule has 2 amide bonds. The molecule has 0 saturated carbocycles. The summed E-state index contributed by atoms with van der Waals surface area (Å²) >= 11 is 0. The number of nitrogens with zero attached hydrogens (tertiary/aromatic N) is 2. The van der Waals surface area contributed by atoms with Gasteiger partial charge in [-0.25, -0.2) is 4.39 Å². The Morgan fingerprint density at radius 1 is 0.966 bits per heavy atom. The fourth-order valence-electron chi connectivity index (χ4n) is 3.06. The molecule has 3 rings (SSSR count). The molecule has 154 valence electrons. The summed E-state index contributed by atoms with van der Waals surface area (Å²) in [6.45, 7) is 1.24. The first-order valence-electron chi connectivity index (χ1n) is 8.98. The molecule has 2 aromatic carbocycles. The molecule has 0 atom stereocenters. The number of alkyl halides is 3. The minimum absolute atomic E-state index is 0.209. The van der Waals surface area contributed by atoms with E-state index in [1.165, 1.54) is 18.2 Å². The van der Waals surface area contributed by atoms with Crippen LogP contribution < -0.4 is 10.2 Å². The van der Waals surface area contributed by atoms with E-state index in [0.717, 1.165) is 24.3 Å². The van der Waals surface area contributed by atoms with Crippen LogP contribution in [0.1, 0.15) is 15.9 Å². The Morgan fingerprint density at radius 2 is 1.62 bits per heavy atom. The van der Waals surface area contributed by atoms with Crippen LogP contribution >= 0.6 is 0 Å². The van der Waals surface area contributed by atoms with E-state index in [0.29, 0.717) is 31.9 Å². The number of halogens is 4. The Balaban J connectivity index is 1.51. The average Bonchev–Trinajstić information content (AvgIpc) is 2.72. The number of amides is 2. The number of carbonyl (C=O) groups is 2. The zero-order valence-corrected chi connectivity index (χ0v) is 15.4. The first-order chi connectivity index (χ1) is 13.7. The molecule has 1 aliphatic rings. The highest BCUT2D eigenvalue weighted by Gasteiger charge is 2.31. The first kappa shape index (κ1) is 20.6. The lowest BCUT2D eigenvalue weighted by atomic mass is 10.1. The molecule has 5 nitrogen and oxygen atoms in total. The Hall–Kier alpha value is -3.10. The van der Waals surface area contributed by atoms with Gasteiger partial charge >= 0.3 is 6.18 Å². The van der Waals surface area contributed by atoms with Gasteiger partial charge in [-0.15, -0.1) is 0 Å². The highest BCUT2D eigenvalue weighted by Crippen LogP contribution is 2.31. The van der Waals surface area contributed by atoms with Crippen LogP contribution in [0.2, 0.25) is 0 Å². The van der Waals surface area contributed by atoms with Crippen molar-refractivity contribution in [1.82, 2.24) is 10.2 Å². The predicted octanol–water partition coefficient (Wildman–Crippen LogP) is 2.92. The maximum atomic E-state index is 12.9. The van der Waals surface area contributed by atoms with Crippen LogP contribution in [0.25, 0.3) is 0 Å². The standard InChI is InChI=1S/C20H19F4N3O2/c21-16-6-4-14(5-7-16)19(29)25-13-18(28)27-10-8-26(9-11-27)17-3-1-2-15(12-17)20(22,23)24/h1-7,12H,8-11,13H2,(H,25,29). The van der Waals surface area contributed by atoms with Gasteiger partial charge in [0.15, 0.2) is 0 Å². The van der Waals surface area contributed by atoms with Crippen molar-refractivity contribution in [3.05, 3.63) is 65.5 Å². The first-order valence-corrected chi connectivity index (χ1v) is 8.98. The van der Waals surface area contributed by atoms with Gasteiger partial charge in [0, 0.05) is 37.4 Å². The summed E-state index contributed by atoms with van der Waals surface area (Å²) < 4.78 is 51.5. The van der Waals surface area contributed by atoms with Crippen LogP contribution in [-0.2, 0) is 11.0 Å². The number of rotatable bonds is 4. The van der Waals surface area contributed by atoms with Crippen LogP contribution in [0.15, 0.2) is 48.5 Å². The lowest BCUT2D eigenvalue weighted by Gasteiger charge is -2.36. The molecular weight excluding hydrogens is 390 g/mol. The maximum absolute atomic E-state index is 12.9. The van der Waals surface area contributed by atoms with Gasteiger partial charge in [-0.05, 0) is 42.5 Å². The van der Waals surface area contributed by atoms with E-state index in [4.69, 9.17) is 0 Å². The van der Waals surface area contributed by atoms with Crippen molar-refractivity contribution < 1.29 is 27.2 Å². The van der Waals surface area contributed by atoms with Crippen LogP contribution in [-0.4, -0.2) is 49.4 Å². The monoisotopic (exact) mass is 409 g/mol. The number of piperazine rings is 1. The summed E-state index contributed by atoms with van der Waals surface area (Å²) in [5.74, 6) is -1.23. The highest BCUT2D eigenvalue weighted by atomic mass is 19.4. The van der Waals surface area contributed by atoms with Crippen molar-refractivity contribution in [2.75, 3.05) is 37.6 Å². The fourth-order valence-corrected chi connectivity index (χ4v) is 3.06. The van der Waals surface area contributed by atoms with Crippen LogP contribution in [0.4, 0.5) is 23.2 Å². The van der Waals surface area contributed by atoms with E-state index in [1.807, 2.05) is 0 Å². The van der Waals surface area contributed by atoms with Crippen molar-refractivity contribution in [1.29, 1.82) is 0 Å². The topological polar surface area (TPSA) is 52.7 Å². The van der Waals surface area contributed by atoms with Crippen molar-refractivity contribution in [2.24, 2.45) is 0 Å². The largest absolute Gasteiger partial charge is 0.416 e. The van der Waals surface area contributed by atoms with Crippen molar-refractivity contribution >= 4 is 17.5 Å². The number of carbonyl (C=O) groups excluding carboxylic acids is 2. The molecular formula is C20H19F4N3O2. The van der Waals surface area contributed by atoms with Gasteiger partial charge < -0.3 is 15.1 Å². The summed E-state index contributed by atoms with van der Waals surface area (Å²) in [5.41, 5.74) is -0.0119. The number of benzene rings is 2. The van der Waals surface area contributed by atoms with Crippen LogP contribution in [0, 0.1) is 5.82 Å². The molecule has 0 aromatic heterocycles. The molecule has 0 unspecified atom stereocenters.